The van der Waals surface area contributed by atoms with Gasteiger partial charge in [0.1, 0.15) is 17.3 Å². The van der Waals surface area contributed by atoms with Crippen LogP contribution in [-0.4, -0.2) is 24.7 Å². The van der Waals surface area contributed by atoms with Crippen molar-refractivity contribution in [2.45, 2.75) is 25.4 Å². The Morgan fingerprint density at radius 1 is 0.919 bits per heavy atom. The van der Waals surface area contributed by atoms with Crippen molar-refractivity contribution in [1.82, 2.24) is 9.88 Å². The van der Waals surface area contributed by atoms with E-state index >= 15 is 0 Å². The topological polar surface area (TPSA) is 65.6 Å². The Morgan fingerprint density at radius 3 is 2.35 bits per heavy atom. The van der Waals surface area contributed by atoms with Crippen molar-refractivity contribution >= 4 is 16.8 Å². The molecular weight excluding hydrogens is 464 g/mol. The number of fused-ring (bicyclic) bond motifs is 1. The highest BCUT2D eigenvalue weighted by Crippen LogP contribution is 2.38. The first-order valence-corrected chi connectivity index (χ1v) is 12.3. The standard InChI is InChI=1S/C31H30N2O4/c1-35-25-15-23(16-26(17-25)36-2)28(18-31(34)32-19-24-11-8-14-37-24)29-21-33(20-22-9-4-3-5-10-22)30-13-7-6-12-27(29)30/h3-17,21,28H,18-20H2,1-2H3,(H,32,34)/t28-/m1/s1. The van der Waals surface area contributed by atoms with Gasteiger partial charge in [0.25, 0.3) is 0 Å². The third-order valence-electron chi connectivity index (χ3n) is 6.60. The van der Waals surface area contributed by atoms with Gasteiger partial charge in [-0.2, -0.15) is 0 Å². The average Bonchev–Trinajstić information content (AvgIpc) is 3.59. The van der Waals surface area contributed by atoms with Crippen LogP contribution in [0.3, 0.4) is 0 Å². The van der Waals surface area contributed by atoms with E-state index in [1.165, 1.54) is 5.56 Å². The van der Waals surface area contributed by atoms with E-state index in [9.17, 15) is 4.79 Å². The molecule has 0 unspecified atom stereocenters. The maximum atomic E-state index is 13.2. The first kappa shape index (κ1) is 24.3. The summed E-state index contributed by atoms with van der Waals surface area (Å²) < 4.78 is 18.8. The van der Waals surface area contributed by atoms with Crippen molar-refractivity contribution in [3.8, 4) is 11.5 Å². The molecule has 1 amide bonds. The van der Waals surface area contributed by atoms with Gasteiger partial charge in [0.2, 0.25) is 5.91 Å². The Hall–Kier alpha value is -4.45. The molecule has 6 nitrogen and oxygen atoms in total. The molecule has 37 heavy (non-hydrogen) atoms. The van der Waals surface area contributed by atoms with Crippen molar-refractivity contribution in [2.75, 3.05) is 14.2 Å². The predicted octanol–water partition coefficient (Wildman–Crippen LogP) is 6.14. The summed E-state index contributed by atoms with van der Waals surface area (Å²) in [6.07, 6.45) is 4.04. The van der Waals surface area contributed by atoms with Gasteiger partial charge in [0.15, 0.2) is 0 Å². The second kappa shape index (κ2) is 11.1. The molecule has 5 rings (SSSR count). The van der Waals surface area contributed by atoms with Crippen LogP contribution in [0.5, 0.6) is 11.5 Å². The maximum absolute atomic E-state index is 13.2. The van der Waals surface area contributed by atoms with Gasteiger partial charge in [-0.1, -0.05) is 48.5 Å². The molecule has 2 aromatic heterocycles. The lowest BCUT2D eigenvalue weighted by molar-refractivity contribution is -0.121. The molecule has 0 bridgehead atoms. The van der Waals surface area contributed by atoms with E-state index in [0.29, 0.717) is 23.8 Å². The SMILES string of the molecule is COc1cc(OC)cc([C@@H](CC(=O)NCc2ccco2)c2cn(Cc3ccccc3)c3ccccc23)c1. The number of amides is 1. The number of nitrogens with one attached hydrogen (secondary N) is 1. The van der Waals surface area contributed by atoms with Gasteiger partial charge < -0.3 is 23.8 Å². The van der Waals surface area contributed by atoms with Crippen molar-refractivity contribution in [1.29, 1.82) is 0 Å². The molecule has 0 saturated carbocycles. The zero-order valence-corrected chi connectivity index (χ0v) is 21.0. The zero-order valence-electron chi connectivity index (χ0n) is 21.0. The van der Waals surface area contributed by atoms with E-state index in [-0.39, 0.29) is 18.2 Å². The lowest BCUT2D eigenvalue weighted by Crippen LogP contribution is -2.24. The monoisotopic (exact) mass is 494 g/mol. The molecule has 2 heterocycles. The summed E-state index contributed by atoms with van der Waals surface area (Å²) in [6, 6.07) is 28.2. The Morgan fingerprint density at radius 2 is 1.65 bits per heavy atom. The molecule has 6 heteroatoms. The largest absolute Gasteiger partial charge is 0.497 e. The number of furan rings is 1. The van der Waals surface area contributed by atoms with Crippen LogP contribution in [-0.2, 0) is 17.9 Å². The number of carbonyl (C=O) groups excluding carboxylic acids is 1. The maximum Gasteiger partial charge on any atom is 0.221 e. The molecule has 0 aliphatic heterocycles. The molecule has 3 aromatic carbocycles. The molecule has 0 aliphatic carbocycles. The molecular formula is C31H30N2O4. The highest BCUT2D eigenvalue weighted by atomic mass is 16.5. The number of methoxy groups -OCH3 is 2. The minimum Gasteiger partial charge on any atom is -0.497 e. The number of hydrogen-bond acceptors (Lipinski definition) is 4. The van der Waals surface area contributed by atoms with Crippen LogP contribution < -0.4 is 14.8 Å². The number of benzene rings is 3. The van der Waals surface area contributed by atoms with E-state index in [0.717, 1.165) is 28.6 Å². The molecule has 0 radical (unpaired) electrons. The normalized spacial score (nSPS) is 11.8. The molecule has 0 aliphatic rings. The van der Waals surface area contributed by atoms with Gasteiger partial charge in [0.05, 0.1) is 27.0 Å². The van der Waals surface area contributed by atoms with Gasteiger partial charge >= 0.3 is 0 Å². The lowest BCUT2D eigenvalue weighted by Gasteiger charge is -2.19. The lowest BCUT2D eigenvalue weighted by atomic mass is 9.87. The first-order valence-electron chi connectivity index (χ1n) is 12.3. The Bertz CT molecular complexity index is 1450. The smallest absolute Gasteiger partial charge is 0.221 e. The van der Waals surface area contributed by atoms with Crippen molar-refractivity contribution < 1.29 is 18.7 Å². The predicted molar refractivity (Wildman–Crippen MR) is 144 cm³/mol. The Balaban J connectivity index is 1.56. The van der Waals surface area contributed by atoms with Crippen LogP contribution in [0.25, 0.3) is 10.9 Å². The number of ether oxygens (including phenoxy) is 2. The summed E-state index contributed by atoms with van der Waals surface area (Å²) in [5, 5.41) is 4.12. The molecule has 1 N–H and O–H groups in total. The highest BCUT2D eigenvalue weighted by Gasteiger charge is 2.24. The average molecular weight is 495 g/mol. The minimum absolute atomic E-state index is 0.0666. The molecule has 188 valence electrons. The summed E-state index contributed by atoms with van der Waals surface area (Å²) in [6.45, 7) is 1.08. The number of rotatable bonds is 10. The van der Waals surface area contributed by atoms with Gasteiger partial charge in [-0.15, -0.1) is 0 Å². The number of aromatic nitrogens is 1. The zero-order chi connectivity index (χ0) is 25.6. The highest BCUT2D eigenvalue weighted by molar-refractivity contribution is 5.87. The molecule has 0 spiro atoms. The minimum atomic E-state index is -0.220. The summed E-state index contributed by atoms with van der Waals surface area (Å²) >= 11 is 0. The van der Waals surface area contributed by atoms with Gasteiger partial charge in [-0.05, 0) is 47.0 Å². The van der Waals surface area contributed by atoms with Crippen LogP contribution in [0.1, 0.15) is 34.8 Å². The first-order chi connectivity index (χ1) is 18.1. The molecule has 5 aromatic rings. The van der Waals surface area contributed by atoms with Crippen LogP contribution in [0.15, 0.2) is 102 Å². The third kappa shape index (κ3) is 5.54. The fraction of sp³-hybridized carbons (Fsp3) is 0.194. The van der Waals surface area contributed by atoms with Gasteiger partial charge in [0, 0.05) is 42.0 Å². The van der Waals surface area contributed by atoms with Gasteiger partial charge in [-0.25, -0.2) is 0 Å². The van der Waals surface area contributed by atoms with Crippen LogP contribution in [0.4, 0.5) is 0 Å². The number of hydrogen-bond donors (Lipinski definition) is 1. The molecule has 1 atom stereocenters. The van der Waals surface area contributed by atoms with E-state index < -0.39 is 0 Å². The Kier molecular flexibility index (Phi) is 7.26. The number of nitrogens with zero attached hydrogens (tertiary/aromatic N) is 1. The fourth-order valence-corrected chi connectivity index (χ4v) is 4.76. The van der Waals surface area contributed by atoms with E-state index in [1.54, 1.807) is 20.5 Å². The Labute approximate surface area is 216 Å². The van der Waals surface area contributed by atoms with E-state index in [2.05, 4.69) is 52.5 Å². The van der Waals surface area contributed by atoms with Crippen molar-refractivity contribution in [3.05, 3.63) is 120 Å². The summed E-state index contributed by atoms with van der Waals surface area (Å²) in [7, 11) is 3.27. The van der Waals surface area contributed by atoms with Crippen molar-refractivity contribution in [2.24, 2.45) is 0 Å². The summed E-state index contributed by atoms with van der Waals surface area (Å²) in [5.74, 6) is 1.80. The fourth-order valence-electron chi connectivity index (χ4n) is 4.76. The third-order valence-corrected chi connectivity index (χ3v) is 6.60. The van der Waals surface area contributed by atoms with Crippen molar-refractivity contribution in [3.63, 3.8) is 0 Å². The second-order valence-corrected chi connectivity index (χ2v) is 8.97. The van der Waals surface area contributed by atoms with Crippen LogP contribution in [0, 0.1) is 0 Å². The summed E-state index contributed by atoms with van der Waals surface area (Å²) in [4.78, 5) is 13.2. The van der Waals surface area contributed by atoms with E-state index in [1.807, 2.05) is 48.5 Å². The summed E-state index contributed by atoms with van der Waals surface area (Å²) in [5.41, 5.74) is 4.37. The number of para-hydroxylation sites is 1. The van der Waals surface area contributed by atoms with Crippen LogP contribution in [0.2, 0.25) is 0 Å². The molecule has 0 fully saturated rings. The molecule has 0 saturated heterocycles. The quantitative estimate of drug-likeness (QED) is 0.253. The van der Waals surface area contributed by atoms with Gasteiger partial charge in [-0.3, -0.25) is 4.79 Å². The van der Waals surface area contributed by atoms with E-state index in [4.69, 9.17) is 13.9 Å². The van der Waals surface area contributed by atoms with Crippen LogP contribution >= 0.6 is 0 Å². The number of carbonyl (C=O) groups is 1. The second-order valence-electron chi connectivity index (χ2n) is 8.97.